The second-order valence-corrected chi connectivity index (χ2v) is 6.07. The zero-order valence-corrected chi connectivity index (χ0v) is 14.0. The Labute approximate surface area is 149 Å². The number of rotatable bonds is 4. The molecule has 1 aliphatic heterocycles. The van der Waals surface area contributed by atoms with E-state index in [0.29, 0.717) is 16.1 Å². The van der Waals surface area contributed by atoms with Crippen LogP contribution in [-0.2, 0) is 9.59 Å². The number of aliphatic hydroxyl groups is 2. The van der Waals surface area contributed by atoms with Crippen molar-refractivity contribution in [2.24, 2.45) is 0 Å². The molecule has 0 radical (unpaired) electrons. The number of halogens is 1. The van der Waals surface area contributed by atoms with E-state index in [1.54, 1.807) is 54.6 Å². The van der Waals surface area contributed by atoms with Gasteiger partial charge >= 0.3 is 0 Å². The van der Waals surface area contributed by atoms with Crippen LogP contribution in [0.4, 0.5) is 0 Å². The van der Waals surface area contributed by atoms with Crippen molar-refractivity contribution in [2.45, 2.75) is 6.04 Å². The van der Waals surface area contributed by atoms with Gasteiger partial charge in [-0.25, -0.2) is 0 Å². The molecule has 1 heterocycles. The Bertz CT molecular complexity index is 830. The Morgan fingerprint density at radius 1 is 1.04 bits per heavy atom. The maximum absolute atomic E-state index is 12.5. The quantitative estimate of drug-likeness (QED) is 0.501. The molecule has 0 bridgehead atoms. The van der Waals surface area contributed by atoms with Gasteiger partial charge in [0.05, 0.1) is 18.2 Å². The predicted octanol–water partition coefficient (Wildman–Crippen LogP) is 2.75. The van der Waals surface area contributed by atoms with Crippen molar-refractivity contribution in [3.05, 3.63) is 76.3 Å². The van der Waals surface area contributed by atoms with Gasteiger partial charge in [0.25, 0.3) is 11.7 Å². The van der Waals surface area contributed by atoms with Gasteiger partial charge in [0.15, 0.2) is 0 Å². The number of benzene rings is 2. The Morgan fingerprint density at radius 2 is 1.68 bits per heavy atom. The predicted molar refractivity (Wildman–Crippen MR) is 94.0 cm³/mol. The first-order valence-electron chi connectivity index (χ1n) is 7.74. The van der Waals surface area contributed by atoms with Crippen LogP contribution in [0.3, 0.4) is 0 Å². The summed E-state index contributed by atoms with van der Waals surface area (Å²) < 4.78 is 0. The first-order valence-corrected chi connectivity index (χ1v) is 8.12. The minimum Gasteiger partial charge on any atom is -0.507 e. The fourth-order valence-corrected chi connectivity index (χ4v) is 3.09. The summed E-state index contributed by atoms with van der Waals surface area (Å²) in [5.41, 5.74) is 1.09. The molecule has 0 spiro atoms. The largest absolute Gasteiger partial charge is 0.507 e. The fraction of sp³-hybridized carbons (Fsp3) is 0.158. The van der Waals surface area contributed by atoms with Crippen molar-refractivity contribution in [3.8, 4) is 0 Å². The third-order valence-corrected chi connectivity index (χ3v) is 4.37. The van der Waals surface area contributed by atoms with Crippen LogP contribution >= 0.6 is 11.6 Å². The number of amides is 1. The molecule has 25 heavy (non-hydrogen) atoms. The molecule has 0 unspecified atom stereocenters. The molecule has 6 heteroatoms. The average Bonchev–Trinajstić information content (AvgIpc) is 2.88. The molecule has 2 aromatic rings. The minimum atomic E-state index is -0.773. The van der Waals surface area contributed by atoms with Crippen molar-refractivity contribution in [1.29, 1.82) is 0 Å². The normalized spacial score (nSPS) is 19.4. The van der Waals surface area contributed by atoms with Crippen LogP contribution in [0.25, 0.3) is 5.76 Å². The highest BCUT2D eigenvalue weighted by Gasteiger charge is 2.45. The summed E-state index contributed by atoms with van der Waals surface area (Å²) in [6, 6.07) is 14.5. The standard InChI is InChI=1S/C19H16ClNO4/c20-14-8-6-12(7-9-14)16-15(17(23)13-4-2-1-3-5-13)18(24)19(25)21(16)10-11-22/h1-9,16,22-23H,10-11H2/b17-15+/t16-/m1/s1. The van der Waals surface area contributed by atoms with Crippen LogP contribution in [0.2, 0.25) is 5.02 Å². The Kier molecular flexibility index (Phi) is 4.88. The van der Waals surface area contributed by atoms with E-state index in [9.17, 15) is 19.8 Å². The van der Waals surface area contributed by atoms with E-state index in [1.807, 2.05) is 0 Å². The molecule has 2 aromatic carbocycles. The number of β-amino-alcohol motifs (C(OH)–C–C–N with tert-alkyl or cyclic N) is 1. The molecule has 1 atom stereocenters. The fourth-order valence-electron chi connectivity index (χ4n) is 2.96. The molecule has 2 N–H and O–H groups in total. The van der Waals surface area contributed by atoms with E-state index in [2.05, 4.69) is 0 Å². The van der Waals surface area contributed by atoms with Gasteiger partial charge in [0.2, 0.25) is 0 Å². The molecule has 1 fully saturated rings. The molecular weight excluding hydrogens is 342 g/mol. The van der Waals surface area contributed by atoms with Gasteiger partial charge in [0, 0.05) is 17.1 Å². The number of nitrogens with zero attached hydrogens (tertiary/aromatic N) is 1. The van der Waals surface area contributed by atoms with Crippen molar-refractivity contribution < 1.29 is 19.8 Å². The smallest absolute Gasteiger partial charge is 0.295 e. The van der Waals surface area contributed by atoms with Gasteiger partial charge < -0.3 is 15.1 Å². The Balaban J connectivity index is 2.18. The Morgan fingerprint density at radius 3 is 2.28 bits per heavy atom. The summed E-state index contributed by atoms with van der Waals surface area (Å²) in [7, 11) is 0. The van der Waals surface area contributed by atoms with E-state index >= 15 is 0 Å². The van der Waals surface area contributed by atoms with Gasteiger partial charge in [0.1, 0.15) is 5.76 Å². The van der Waals surface area contributed by atoms with Crippen LogP contribution in [0.5, 0.6) is 0 Å². The van der Waals surface area contributed by atoms with Crippen LogP contribution in [0, 0.1) is 0 Å². The zero-order valence-electron chi connectivity index (χ0n) is 13.2. The summed E-state index contributed by atoms with van der Waals surface area (Å²) in [5, 5.41) is 20.5. The SMILES string of the molecule is O=C1C(=O)N(CCO)[C@H](c2ccc(Cl)cc2)/C1=C(\O)c1ccccc1. The number of likely N-dealkylation sites (tertiary alicyclic amines) is 1. The van der Waals surface area contributed by atoms with E-state index in [1.165, 1.54) is 4.90 Å². The van der Waals surface area contributed by atoms with Crippen molar-refractivity contribution >= 4 is 29.1 Å². The monoisotopic (exact) mass is 357 g/mol. The van der Waals surface area contributed by atoms with Gasteiger partial charge in [-0.2, -0.15) is 0 Å². The molecular formula is C19H16ClNO4. The van der Waals surface area contributed by atoms with Crippen molar-refractivity contribution in [3.63, 3.8) is 0 Å². The van der Waals surface area contributed by atoms with Crippen LogP contribution < -0.4 is 0 Å². The van der Waals surface area contributed by atoms with Crippen LogP contribution in [-0.4, -0.2) is 40.0 Å². The summed E-state index contributed by atoms with van der Waals surface area (Å²) in [6.07, 6.45) is 0. The highest BCUT2D eigenvalue weighted by atomic mass is 35.5. The third kappa shape index (κ3) is 3.16. The molecule has 3 rings (SSSR count). The number of Topliss-reactive ketones (excluding diaryl/α,β-unsaturated/α-hetero) is 1. The molecule has 0 aliphatic carbocycles. The molecule has 1 saturated heterocycles. The molecule has 128 valence electrons. The summed E-state index contributed by atoms with van der Waals surface area (Å²) >= 11 is 5.92. The Hall–Kier alpha value is -2.63. The number of carbonyl (C=O) groups is 2. The summed E-state index contributed by atoms with van der Waals surface area (Å²) in [5.74, 6) is -1.75. The maximum Gasteiger partial charge on any atom is 0.295 e. The average molecular weight is 358 g/mol. The van der Waals surface area contributed by atoms with Gasteiger partial charge in [-0.3, -0.25) is 9.59 Å². The van der Waals surface area contributed by atoms with Crippen molar-refractivity contribution in [2.75, 3.05) is 13.2 Å². The second kappa shape index (κ2) is 7.09. The molecule has 1 amide bonds. The number of carbonyl (C=O) groups excluding carboxylic acids is 2. The first kappa shape index (κ1) is 17.2. The lowest BCUT2D eigenvalue weighted by Crippen LogP contribution is -2.32. The van der Waals surface area contributed by atoms with Crippen molar-refractivity contribution in [1.82, 2.24) is 4.90 Å². The topological polar surface area (TPSA) is 77.8 Å². The number of ketones is 1. The van der Waals surface area contributed by atoms with Gasteiger partial charge in [-0.15, -0.1) is 0 Å². The summed E-state index contributed by atoms with van der Waals surface area (Å²) in [4.78, 5) is 26.2. The van der Waals surface area contributed by atoms with E-state index in [4.69, 9.17) is 11.6 Å². The highest BCUT2D eigenvalue weighted by Crippen LogP contribution is 2.39. The zero-order chi connectivity index (χ0) is 18.0. The highest BCUT2D eigenvalue weighted by molar-refractivity contribution is 6.46. The van der Waals surface area contributed by atoms with E-state index < -0.39 is 17.7 Å². The lowest BCUT2D eigenvalue weighted by Gasteiger charge is -2.24. The first-order chi connectivity index (χ1) is 12.0. The number of hydrogen-bond donors (Lipinski definition) is 2. The maximum atomic E-state index is 12.5. The minimum absolute atomic E-state index is 0.00646. The van der Waals surface area contributed by atoms with Gasteiger partial charge in [-0.05, 0) is 17.7 Å². The number of hydrogen-bond acceptors (Lipinski definition) is 4. The third-order valence-electron chi connectivity index (χ3n) is 4.11. The van der Waals surface area contributed by atoms with Crippen LogP contribution in [0.1, 0.15) is 17.2 Å². The molecule has 0 saturated carbocycles. The van der Waals surface area contributed by atoms with E-state index in [0.717, 1.165) is 0 Å². The molecule has 0 aromatic heterocycles. The molecule has 1 aliphatic rings. The summed E-state index contributed by atoms with van der Waals surface area (Å²) in [6.45, 7) is -0.300. The van der Waals surface area contributed by atoms with Crippen LogP contribution in [0.15, 0.2) is 60.2 Å². The molecule has 5 nitrogen and oxygen atoms in total. The lowest BCUT2D eigenvalue weighted by molar-refractivity contribution is -0.140. The van der Waals surface area contributed by atoms with E-state index in [-0.39, 0.29) is 24.5 Å². The second-order valence-electron chi connectivity index (χ2n) is 5.63. The van der Waals surface area contributed by atoms with Gasteiger partial charge in [-0.1, -0.05) is 54.1 Å². The number of aliphatic hydroxyl groups excluding tert-OH is 2. The lowest BCUT2D eigenvalue weighted by atomic mass is 9.95.